The van der Waals surface area contributed by atoms with Crippen LogP contribution in [0.25, 0.3) is 0 Å². The zero-order valence-corrected chi connectivity index (χ0v) is 7.52. The van der Waals surface area contributed by atoms with Gasteiger partial charge in [-0.1, -0.05) is 6.08 Å². The van der Waals surface area contributed by atoms with E-state index >= 15 is 0 Å². The summed E-state index contributed by atoms with van der Waals surface area (Å²) in [5.41, 5.74) is -0.636. The summed E-state index contributed by atoms with van der Waals surface area (Å²) in [6.07, 6.45) is 2.99. The minimum Gasteiger partial charge on any atom is -0.371 e. The Morgan fingerprint density at radius 2 is 2.18 bits per heavy atom. The first-order valence-electron chi connectivity index (χ1n) is 3.74. The Bertz CT molecular complexity index is 148. The summed E-state index contributed by atoms with van der Waals surface area (Å²) in [5.74, 6) is 0.125. The first-order valence-corrected chi connectivity index (χ1v) is 3.74. The van der Waals surface area contributed by atoms with Gasteiger partial charge >= 0.3 is 0 Å². The normalized spacial score (nSPS) is 11.2. The van der Waals surface area contributed by atoms with Gasteiger partial charge in [0, 0.05) is 13.5 Å². The molecular weight excluding hydrogens is 140 g/mol. The average Bonchev–Trinajstić information content (AvgIpc) is 2.00. The maximum atomic E-state index is 11.3. The van der Waals surface area contributed by atoms with Gasteiger partial charge in [0.25, 0.3) is 0 Å². The molecule has 0 aromatic rings. The van der Waals surface area contributed by atoms with Crippen LogP contribution in [-0.2, 0) is 9.53 Å². The molecule has 11 heavy (non-hydrogen) atoms. The number of allylic oxidation sites excluding steroid dienone is 1. The van der Waals surface area contributed by atoms with Gasteiger partial charge in [0.05, 0.1) is 0 Å². The molecule has 0 heterocycles. The van der Waals surface area contributed by atoms with Crippen LogP contribution in [0.1, 0.15) is 26.7 Å². The van der Waals surface area contributed by atoms with Gasteiger partial charge in [-0.2, -0.15) is 0 Å². The Morgan fingerprint density at radius 1 is 1.64 bits per heavy atom. The van der Waals surface area contributed by atoms with Crippen molar-refractivity contribution < 1.29 is 9.53 Å². The molecule has 0 aliphatic carbocycles. The van der Waals surface area contributed by atoms with Crippen LogP contribution >= 0.6 is 0 Å². The monoisotopic (exact) mass is 156 g/mol. The molecule has 0 aromatic heterocycles. The molecular formula is C9H16O2. The largest absolute Gasteiger partial charge is 0.371 e. The Kier molecular flexibility index (Phi) is 4.04. The van der Waals surface area contributed by atoms with Crippen LogP contribution in [0.5, 0.6) is 0 Å². The molecule has 0 aliphatic heterocycles. The molecule has 0 fully saturated rings. The average molecular weight is 156 g/mol. The third-order valence-corrected chi connectivity index (χ3v) is 1.76. The molecule has 2 nitrogen and oxygen atoms in total. The quantitative estimate of drug-likeness (QED) is 0.569. The van der Waals surface area contributed by atoms with Crippen LogP contribution in [0.15, 0.2) is 12.7 Å². The van der Waals surface area contributed by atoms with Gasteiger partial charge in [-0.25, -0.2) is 0 Å². The highest BCUT2D eigenvalue weighted by Gasteiger charge is 2.25. The summed E-state index contributed by atoms with van der Waals surface area (Å²) in [7, 11) is 1.55. The lowest BCUT2D eigenvalue weighted by molar-refractivity contribution is -0.137. The molecule has 0 atom stereocenters. The molecule has 0 spiro atoms. The van der Waals surface area contributed by atoms with Gasteiger partial charge in [0.2, 0.25) is 0 Å². The predicted molar refractivity (Wildman–Crippen MR) is 45.5 cm³/mol. The van der Waals surface area contributed by atoms with Crippen molar-refractivity contribution in [3.63, 3.8) is 0 Å². The number of methoxy groups -OCH3 is 1. The van der Waals surface area contributed by atoms with E-state index in [4.69, 9.17) is 4.74 Å². The minimum atomic E-state index is -0.636. The van der Waals surface area contributed by atoms with Crippen LogP contribution < -0.4 is 0 Å². The molecule has 0 amide bonds. The maximum absolute atomic E-state index is 11.3. The highest BCUT2D eigenvalue weighted by Crippen LogP contribution is 2.12. The van der Waals surface area contributed by atoms with Crippen molar-refractivity contribution in [2.75, 3.05) is 7.11 Å². The van der Waals surface area contributed by atoms with Gasteiger partial charge in [-0.05, 0) is 20.3 Å². The van der Waals surface area contributed by atoms with Gasteiger partial charge in [-0.3, -0.25) is 4.79 Å². The standard InChI is InChI=1S/C9H16O2/c1-5-6-7-8(10)9(2,3)11-4/h5H,1,6-7H2,2-4H3. The van der Waals surface area contributed by atoms with E-state index in [1.165, 1.54) is 0 Å². The topological polar surface area (TPSA) is 26.3 Å². The van der Waals surface area contributed by atoms with E-state index in [0.717, 1.165) is 6.42 Å². The van der Waals surface area contributed by atoms with Gasteiger partial charge in [0.1, 0.15) is 5.60 Å². The second kappa shape index (κ2) is 4.29. The minimum absolute atomic E-state index is 0.125. The van der Waals surface area contributed by atoms with Crippen LogP contribution in [0.2, 0.25) is 0 Å². The number of Topliss-reactive ketones (excluding diaryl/α,β-unsaturated/α-hetero) is 1. The Balaban J connectivity index is 3.91. The van der Waals surface area contributed by atoms with E-state index in [2.05, 4.69) is 6.58 Å². The lowest BCUT2D eigenvalue weighted by atomic mass is 9.99. The Morgan fingerprint density at radius 3 is 2.55 bits per heavy atom. The number of carbonyl (C=O) groups excluding carboxylic acids is 1. The second-order valence-electron chi connectivity index (χ2n) is 2.96. The summed E-state index contributed by atoms with van der Waals surface area (Å²) in [4.78, 5) is 11.3. The third kappa shape index (κ3) is 3.33. The molecule has 0 radical (unpaired) electrons. The number of carbonyl (C=O) groups is 1. The van der Waals surface area contributed by atoms with E-state index < -0.39 is 5.60 Å². The molecule has 0 saturated heterocycles. The van der Waals surface area contributed by atoms with E-state index in [1.54, 1.807) is 27.0 Å². The lowest BCUT2D eigenvalue weighted by Gasteiger charge is -2.20. The van der Waals surface area contributed by atoms with Crippen molar-refractivity contribution in [2.24, 2.45) is 0 Å². The molecule has 0 saturated carbocycles. The maximum Gasteiger partial charge on any atom is 0.164 e. The fourth-order valence-electron chi connectivity index (χ4n) is 0.648. The van der Waals surface area contributed by atoms with Crippen molar-refractivity contribution in [2.45, 2.75) is 32.3 Å². The third-order valence-electron chi connectivity index (χ3n) is 1.76. The number of rotatable bonds is 5. The van der Waals surface area contributed by atoms with E-state index in [1.807, 2.05) is 0 Å². The molecule has 0 aliphatic rings. The summed E-state index contributed by atoms with van der Waals surface area (Å²) >= 11 is 0. The summed E-state index contributed by atoms with van der Waals surface area (Å²) in [6.45, 7) is 7.10. The van der Waals surface area contributed by atoms with Crippen LogP contribution in [0.3, 0.4) is 0 Å². The SMILES string of the molecule is C=CCCC(=O)C(C)(C)OC. The van der Waals surface area contributed by atoms with E-state index in [9.17, 15) is 4.79 Å². The molecule has 0 rings (SSSR count). The van der Waals surface area contributed by atoms with Crippen molar-refractivity contribution >= 4 is 5.78 Å². The molecule has 0 aromatic carbocycles. The molecule has 64 valence electrons. The predicted octanol–water partition coefficient (Wildman–Crippen LogP) is 1.95. The smallest absolute Gasteiger partial charge is 0.164 e. The first kappa shape index (κ1) is 10.4. The van der Waals surface area contributed by atoms with Crippen molar-refractivity contribution in [3.8, 4) is 0 Å². The number of hydrogen-bond donors (Lipinski definition) is 0. The number of ketones is 1. The van der Waals surface area contributed by atoms with Crippen molar-refractivity contribution in [1.29, 1.82) is 0 Å². The second-order valence-corrected chi connectivity index (χ2v) is 2.96. The zero-order chi connectivity index (χ0) is 8.91. The number of hydrogen-bond acceptors (Lipinski definition) is 2. The highest BCUT2D eigenvalue weighted by molar-refractivity contribution is 5.86. The fraction of sp³-hybridized carbons (Fsp3) is 0.667. The lowest BCUT2D eigenvalue weighted by Crippen LogP contribution is -2.33. The van der Waals surface area contributed by atoms with Gasteiger partial charge in [0.15, 0.2) is 5.78 Å². The number of ether oxygens (including phenoxy) is 1. The van der Waals surface area contributed by atoms with Crippen molar-refractivity contribution in [1.82, 2.24) is 0 Å². The fourth-order valence-corrected chi connectivity index (χ4v) is 0.648. The summed E-state index contributed by atoms with van der Waals surface area (Å²) in [6, 6.07) is 0. The van der Waals surface area contributed by atoms with Gasteiger partial charge in [-0.15, -0.1) is 6.58 Å². The molecule has 0 bridgehead atoms. The van der Waals surface area contributed by atoms with Crippen LogP contribution in [-0.4, -0.2) is 18.5 Å². The Labute approximate surface area is 68.2 Å². The van der Waals surface area contributed by atoms with Gasteiger partial charge < -0.3 is 4.74 Å². The van der Waals surface area contributed by atoms with Crippen LogP contribution in [0.4, 0.5) is 0 Å². The zero-order valence-electron chi connectivity index (χ0n) is 7.52. The van der Waals surface area contributed by atoms with Crippen molar-refractivity contribution in [3.05, 3.63) is 12.7 Å². The summed E-state index contributed by atoms with van der Waals surface area (Å²) < 4.78 is 5.01. The molecule has 0 N–H and O–H groups in total. The molecule has 2 heteroatoms. The molecule has 0 unspecified atom stereocenters. The van der Waals surface area contributed by atoms with Crippen LogP contribution in [0, 0.1) is 0 Å². The Hall–Kier alpha value is -0.630. The summed E-state index contributed by atoms with van der Waals surface area (Å²) in [5, 5.41) is 0. The van der Waals surface area contributed by atoms with E-state index in [-0.39, 0.29) is 5.78 Å². The highest BCUT2D eigenvalue weighted by atomic mass is 16.5. The first-order chi connectivity index (χ1) is 5.04. The van der Waals surface area contributed by atoms with E-state index in [0.29, 0.717) is 6.42 Å².